The summed E-state index contributed by atoms with van der Waals surface area (Å²) in [5.74, 6) is 3.55. The van der Waals surface area contributed by atoms with E-state index in [1.165, 1.54) is 38.5 Å². The predicted octanol–water partition coefficient (Wildman–Crippen LogP) is 6.98. The zero-order valence-electron chi connectivity index (χ0n) is 19.1. The monoisotopic (exact) mass is 416 g/mol. The average molecular weight is 417 g/mol. The van der Waals surface area contributed by atoms with Gasteiger partial charge in [0, 0.05) is 0 Å². The van der Waals surface area contributed by atoms with Crippen molar-refractivity contribution in [3.05, 3.63) is 29.3 Å². The first-order valence-corrected chi connectivity index (χ1v) is 18.3. The van der Waals surface area contributed by atoms with Gasteiger partial charge in [0.25, 0.3) is 0 Å². The zero-order valence-corrected chi connectivity index (χ0v) is 21.1. The van der Waals surface area contributed by atoms with E-state index in [-0.39, 0.29) is 0 Å². The number of aryl methyl sites for hydroxylation is 1. The van der Waals surface area contributed by atoms with Crippen LogP contribution in [0.5, 0.6) is 5.75 Å². The molecule has 2 fully saturated rings. The van der Waals surface area contributed by atoms with Crippen LogP contribution in [0.15, 0.2) is 18.2 Å². The molecule has 0 radical (unpaired) electrons. The third-order valence-corrected chi connectivity index (χ3v) is 9.37. The van der Waals surface area contributed by atoms with Crippen molar-refractivity contribution in [3.63, 3.8) is 0 Å². The number of hydrogen-bond donors (Lipinski definition) is 0. The van der Waals surface area contributed by atoms with E-state index in [2.05, 4.69) is 64.4 Å². The molecular formula is C24H40O2Si2. The number of rotatable bonds is 4. The quantitative estimate of drug-likeness (QED) is 0.493. The van der Waals surface area contributed by atoms with E-state index in [0.717, 1.165) is 23.5 Å². The van der Waals surface area contributed by atoms with Crippen LogP contribution in [-0.2, 0) is 10.8 Å². The molecule has 0 heterocycles. The van der Waals surface area contributed by atoms with E-state index < -0.39 is 16.6 Å². The zero-order chi connectivity index (χ0) is 20.3. The van der Waals surface area contributed by atoms with E-state index in [9.17, 15) is 0 Å². The van der Waals surface area contributed by atoms with Crippen molar-refractivity contribution in [2.45, 2.75) is 96.8 Å². The largest absolute Gasteiger partial charge is 0.544 e. The SMILES string of the molecule is C[C@]12CC[C@@H]3c4ccc(O[Si](C)(C)C)cc4CC[C@H]3[C@@H]1CC[C@H]2O[Si](C)(C)C. The topological polar surface area (TPSA) is 18.5 Å². The third-order valence-electron chi connectivity index (χ3n) is 7.53. The molecule has 0 saturated heterocycles. The van der Waals surface area contributed by atoms with Crippen LogP contribution >= 0.6 is 0 Å². The molecule has 1 aromatic rings. The van der Waals surface area contributed by atoms with Crippen LogP contribution in [0.2, 0.25) is 39.3 Å². The van der Waals surface area contributed by atoms with Gasteiger partial charge in [-0.05, 0) is 124 Å². The van der Waals surface area contributed by atoms with Crippen molar-refractivity contribution in [2.24, 2.45) is 17.3 Å². The Morgan fingerprint density at radius 1 is 0.929 bits per heavy atom. The molecule has 0 aliphatic heterocycles. The highest BCUT2D eigenvalue weighted by molar-refractivity contribution is 6.70. The molecule has 0 N–H and O–H groups in total. The van der Waals surface area contributed by atoms with Gasteiger partial charge in [0.05, 0.1) is 6.10 Å². The predicted molar refractivity (Wildman–Crippen MR) is 123 cm³/mol. The van der Waals surface area contributed by atoms with Gasteiger partial charge in [0.2, 0.25) is 8.32 Å². The van der Waals surface area contributed by atoms with Crippen molar-refractivity contribution in [2.75, 3.05) is 0 Å². The molecule has 0 aromatic heterocycles. The Morgan fingerprint density at radius 3 is 2.36 bits per heavy atom. The third kappa shape index (κ3) is 3.89. The maximum Gasteiger partial charge on any atom is 0.242 e. The molecule has 0 bridgehead atoms. The van der Waals surface area contributed by atoms with Crippen molar-refractivity contribution < 1.29 is 8.85 Å². The molecular weight excluding hydrogens is 376 g/mol. The van der Waals surface area contributed by atoms with E-state index in [0.29, 0.717) is 11.5 Å². The van der Waals surface area contributed by atoms with Crippen LogP contribution in [0.4, 0.5) is 0 Å². The van der Waals surface area contributed by atoms with Gasteiger partial charge in [-0.3, -0.25) is 0 Å². The molecule has 4 rings (SSSR count). The van der Waals surface area contributed by atoms with Crippen molar-refractivity contribution in [1.29, 1.82) is 0 Å². The molecule has 156 valence electrons. The Hall–Kier alpha value is -0.586. The molecule has 5 atom stereocenters. The molecule has 0 spiro atoms. The van der Waals surface area contributed by atoms with Gasteiger partial charge >= 0.3 is 0 Å². The molecule has 2 saturated carbocycles. The Balaban J connectivity index is 1.56. The minimum absolute atomic E-state index is 0.403. The van der Waals surface area contributed by atoms with E-state index in [4.69, 9.17) is 8.85 Å². The van der Waals surface area contributed by atoms with Gasteiger partial charge < -0.3 is 8.85 Å². The molecule has 28 heavy (non-hydrogen) atoms. The number of fused-ring (bicyclic) bond motifs is 5. The summed E-state index contributed by atoms with van der Waals surface area (Å²) in [4.78, 5) is 0. The summed E-state index contributed by atoms with van der Waals surface area (Å²) in [5, 5.41) is 0. The summed E-state index contributed by atoms with van der Waals surface area (Å²) >= 11 is 0. The van der Waals surface area contributed by atoms with E-state index >= 15 is 0 Å². The maximum absolute atomic E-state index is 6.71. The first-order chi connectivity index (χ1) is 13.0. The van der Waals surface area contributed by atoms with Crippen LogP contribution in [0, 0.1) is 17.3 Å². The Labute approximate surface area is 174 Å². The molecule has 3 aliphatic rings. The molecule has 3 aliphatic carbocycles. The summed E-state index contributed by atoms with van der Waals surface area (Å²) in [7, 11) is -3.03. The molecule has 0 unspecified atom stereocenters. The van der Waals surface area contributed by atoms with Gasteiger partial charge in [-0.2, -0.15) is 0 Å². The summed E-state index contributed by atoms with van der Waals surface area (Å²) in [5.41, 5.74) is 3.60. The second kappa shape index (κ2) is 6.99. The van der Waals surface area contributed by atoms with Crippen LogP contribution in [0.25, 0.3) is 0 Å². The van der Waals surface area contributed by atoms with Gasteiger partial charge in [-0.25, -0.2) is 0 Å². The second-order valence-electron chi connectivity index (χ2n) is 11.8. The van der Waals surface area contributed by atoms with Crippen LogP contribution in [0.1, 0.15) is 56.1 Å². The van der Waals surface area contributed by atoms with Crippen molar-refractivity contribution in [1.82, 2.24) is 0 Å². The highest BCUT2D eigenvalue weighted by atomic mass is 28.4. The smallest absolute Gasteiger partial charge is 0.242 e. The maximum atomic E-state index is 6.71. The average Bonchev–Trinajstić information content (AvgIpc) is 2.88. The fourth-order valence-electron chi connectivity index (χ4n) is 6.55. The second-order valence-corrected chi connectivity index (χ2v) is 20.7. The molecule has 0 amide bonds. The standard InChI is InChI=1S/C24H40O2Si2/c1-24-15-14-20-19-11-9-18(25-27(2,3)4)16-17(19)8-10-21(20)22(24)12-13-23(24)26-28(5,6)7/h9,11,16,20-23H,8,10,12-15H2,1-7H3/t20-,21-,22+,23-,24+/m1/s1. The van der Waals surface area contributed by atoms with Gasteiger partial charge in [0.1, 0.15) is 5.75 Å². The van der Waals surface area contributed by atoms with Gasteiger partial charge in [0.15, 0.2) is 8.32 Å². The lowest BCUT2D eigenvalue weighted by Crippen LogP contribution is -2.47. The van der Waals surface area contributed by atoms with E-state index in [1.54, 1.807) is 11.1 Å². The number of benzene rings is 1. The van der Waals surface area contributed by atoms with Crippen molar-refractivity contribution >= 4 is 16.6 Å². The summed E-state index contributed by atoms with van der Waals surface area (Å²) < 4.78 is 13.0. The normalized spacial score (nSPS) is 35.1. The lowest BCUT2D eigenvalue weighted by atomic mass is 9.55. The van der Waals surface area contributed by atoms with E-state index in [1.807, 2.05) is 0 Å². The molecule has 4 heteroatoms. The highest BCUT2D eigenvalue weighted by Gasteiger charge is 2.55. The van der Waals surface area contributed by atoms with Crippen LogP contribution < -0.4 is 4.43 Å². The lowest BCUT2D eigenvalue weighted by molar-refractivity contribution is -0.0140. The minimum Gasteiger partial charge on any atom is -0.544 e. The molecule has 1 aromatic carbocycles. The summed E-state index contributed by atoms with van der Waals surface area (Å²) in [6, 6.07) is 7.03. The lowest BCUT2D eigenvalue weighted by Gasteiger charge is -2.51. The minimum atomic E-state index is -1.54. The van der Waals surface area contributed by atoms with Gasteiger partial charge in [-0.15, -0.1) is 0 Å². The van der Waals surface area contributed by atoms with Crippen LogP contribution in [-0.4, -0.2) is 22.7 Å². The molecule has 2 nitrogen and oxygen atoms in total. The highest BCUT2D eigenvalue weighted by Crippen LogP contribution is 2.61. The fraction of sp³-hybridized carbons (Fsp3) is 0.750. The first kappa shape index (κ1) is 20.7. The Kier molecular flexibility index (Phi) is 5.16. The number of hydrogen-bond acceptors (Lipinski definition) is 2. The van der Waals surface area contributed by atoms with Crippen LogP contribution in [0.3, 0.4) is 0 Å². The summed E-state index contributed by atoms with van der Waals surface area (Å²) in [6.45, 7) is 16.4. The van der Waals surface area contributed by atoms with Gasteiger partial charge in [-0.1, -0.05) is 13.0 Å². The Morgan fingerprint density at radius 2 is 1.68 bits per heavy atom. The summed E-state index contributed by atoms with van der Waals surface area (Å²) in [6.07, 6.45) is 8.41. The fourth-order valence-corrected chi connectivity index (χ4v) is 8.62. The Bertz CT molecular complexity index is 733. The first-order valence-electron chi connectivity index (χ1n) is 11.5. The van der Waals surface area contributed by atoms with Crippen molar-refractivity contribution in [3.8, 4) is 5.75 Å².